The molecule has 1 unspecified atom stereocenters. The molecule has 0 aliphatic carbocycles. The number of carbonyl (C=O) groups is 2. The molecule has 1 aromatic rings. The summed E-state index contributed by atoms with van der Waals surface area (Å²) < 4.78 is 22.4. The monoisotopic (exact) mass is 617 g/mol. The first-order valence-electron chi connectivity index (χ1n) is 9.34. The molecule has 10 heteroatoms. The molecule has 1 atom stereocenters. The molecule has 7 nitrogen and oxygen atoms in total. The summed E-state index contributed by atoms with van der Waals surface area (Å²) in [5.74, 6) is 0.0921. The minimum Gasteiger partial charge on any atom is -0.491 e. The third-order valence-electron chi connectivity index (χ3n) is 3.30. The van der Waals surface area contributed by atoms with Gasteiger partial charge in [-0.25, -0.2) is 9.59 Å². The predicted molar refractivity (Wildman–Crippen MR) is 130 cm³/mol. The van der Waals surface area contributed by atoms with Gasteiger partial charge in [-0.2, -0.15) is 0 Å². The van der Waals surface area contributed by atoms with Gasteiger partial charge in [0.15, 0.2) is 0 Å². The fraction of sp³-hybridized carbons (Fsp3) is 0.600. The lowest BCUT2D eigenvalue weighted by Crippen LogP contribution is -2.47. The largest absolute Gasteiger partial charge is 0.491 e. The van der Waals surface area contributed by atoms with Crippen molar-refractivity contribution in [2.75, 3.05) is 13.2 Å². The van der Waals surface area contributed by atoms with Crippen LogP contribution in [0.3, 0.4) is 0 Å². The minimum absolute atomic E-state index is 0.200. The van der Waals surface area contributed by atoms with Gasteiger partial charge in [0.2, 0.25) is 0 Å². The number of hydrogen-bond acceptors (Lipinski definition) is 7. The summed E-state index contributed by atoms with van der Waals surface area (Å²) in [5, 5.41) is 2.63. The number of esters is 1. The quantitative estimate of drug-likeness (QED) is 0.167. The van der Waals surface area contributed by atoms with Crippen molar-refractivity contribution in [2.45, 2.75) is 65.2 Å². The number of hydrogen-bond donors (Lipinski definition) is 1. The van der Waals surface area contributed by atoms with Crippen LogP contribution in [0.15, 0.2) is 22.7 Å². The number of halogens is 2. The van der Waals surface area contributed by atoms with Gasteiger partial charge in [-0.1, -0.05) is 15.9 Å². The average Bonchev–Trinajstić information content (AvgIpc) is 2.57. The molecular weight excluding hydrogens is 589 g/mol. The van der Waals surface area contributed by atoms with Crippen molar-refractivity contribution in [3.8, 4) is 5.75 Å². The number of benzene rings is 1. The van der Waals surface area contributed by atoms with E-state index >= 15 is 0 Å². The van der Waals surface area contributed by atoms with Gasteiger partial charge in [0, 0.05) is 32.1 Å². The maximum absolute atomic E-state index is 12.7. The van der Waals surface area contributed by atoms with Crippen molar-refractivity contribution in [1.29, 1.82) is 0 Å². The standard InChI is InChI=1S/C20H29BrINO6S/c1-19(2,3)28-17(24)16(23-18(25)29-20(4,5)6)12-13-11-14(7-8-15(13)21)26-9-10-27-30-22/h7-8,11,16H,9-10,12H2,1-6H3,(H,23,25). The van der Waals surface area contributed by atoms with Gasteiger partial charge in [0.1, 0.15) is 29.6 Å². The number of nitrogens with one attached hydrogen (secondary N) is 1. The van der Waals surface area contributed by atoms with E-state index in [9.17, 15) is 9.59 Å². The minimum atomic E-state index is -0.927. The maximum Gasteiger partial charge on any atom is 0.408 e. The molecule has 0 aromatic heterocycles. The summed E-state index contributed by atoms with van der Waals surface area (Å²) >= 11 is 5.54. The number of carbonyl (C=O) groups excluding carboxylic acids is 2. The molecular formula is C20H29BrINO6S. The molecule has 0 aliphatic heterocycles. The molecule has 0 saturated heterocycles. The van der Waals surface area contributed by atoms with Gasteiger partial charge in [-0.05, 0) is 65.3 Å². The molecule has 0 spiro atoms. The Morgan fingerprint density at radius 3 is 2.30 bits per heavy atom. The molecule has 1 rings (SSSR count). The summed E-state index contributed by atoms with van der Waals surface area (Å²) in [5.41, 5.74) is -0.595. The third-order valence-corrected chi connectivity index (χ3v) is 5.10. The van der Waals surface area contributed by atoms with Crippen LogP contribution >= 0.6 is 46.3 Å². The molecule has 1 aromatic carbocycles. The highest BCUT2D eigenvalue weighted by molar-refractivity contribution is 14.2. The Balaban J connectivity index is 2.98. The topological polar surface area (TPSA) is 83.1 Å². The first-order valence-corrected chi connectivity index (χ1v) is 13.4. The second-order valence-electron chi connectivity index (χ2n) is 8.42. The van der Waals surface area contributed by atoms with E-state index in [1.165, 1.54) is 9.21 Å². The zero-order chi connectivity index (χ0) is 22.9. The highest BCUT2D eigenvalue weighted by atomic mass is 127. The van der Waals surface area contributed by atoms with E-state index in [1.807, 2.05) is 39.4 Å². The Bertz CT molecular complexity index is 720. The van der Waals surface area contributed by atoms with Gasteiger partial charge in [-0.3, -0.25) is 0 Å². The number of ether oxygens (including phenoxy) is 3. The van der Waals surface area contributed by atoms with Crippen molar-refractivity contribution < 1.29 is 28.0 Å². The fourth-order valence-corrected chi connectivity index (χ4v) is 3.34. The lowest BCUT2D eigenvalue weighted by molar-refractivity contribution is -0.157. The van der Waals surface area contributed by atoms with Crippen molar-refractivity contribution in [2.24, 2.45) is 0 Å². The zero-order valence-corrected chi connectivity index (χ0v) is 22.6. The molecule has 0 heterocycles. The van der Waals surface area contributed by atoms with E-state index in [0.29, 0.717) is 19.0 Å². The average molecular weight is 618 g/mol. The third kappa shape index (κ3) is 11.6. The predicted octanol–water partition coefficient (Wildman–Crippen LogP) is 5.62. The number of amides is 1. The van der Waals surface area contributed by atoms with E-state index in [-0.39, 0.29) is 6.42 Å². The summed E-state index contributed by atoms with van der Waals surface area (Å²) in [7, 11) is 1.25. The molecule has 0 fully saturated rings. The molecule has 1 N–H and O–H groups in total. The van der Waals surface area contributed by atoms with Crippen LogP contribution in [0.25, 0.3) is 0 Å². The van der Waals surface area contributed by atoms with Crippen LogP contribution in [0, 0.1) is 0 Å². The van der Waals surface area contributed by atoms with Crippen LogP contribution in [0.5, 0.6) is 5.75 Å². The highest BCUT2D eigenvalue weighted by Crippen LogP contribution is 2.25. The number of rotatable bonds is 9. The second-order valence-corrected chi connectivity index (χ2v) is 10.7. The molecule has 30 heavy (non-hydrogen) atoms. The van der Waals surface area contributed by atoms with E-state index in [0.717, 1.165) is 10.0 Å². The normalized spacial score (nSPS) is 12.8. The molecule has 1 amide bonds. The smallest absolute Gasteiger partial charge is 0.408 e. The summed E-state index contributed by atoms with van der Waals surface area (Å²) in [6, 6.07) is 4.53. The fourth-order valence-electron chi connectivity index (χ4n) is 2.26. The van der Waals surface area contributed by atoms with E-state index in [4.69, 9.17) is 18.4 Å². The van der Waals surface area contributed by atoms with Gasteiger partial charge in [0.25, 0.3) is 0 Å². The Morgan fingerprint density at radius 1 is 1.10 bits per heavy atom. The van der Waals surface area contributed by atoms with Gasteiger partial charge >= 0.3 is 12.1 Å². The summed E-state index contributed by atoms with van der Waals surface area (Å²) in [6.07, 6.45) is -0.484. The Kier molecular flexibility index (Phi) is 11.2. The Labute approximate surface area is 203 Å². The van der Waals surface area contributed by atoms with Crippen LogP contribution in [-0.4, -0.2) is 42.5 Å². The van der Waals surface area contributed by atoms with Crippen LogP contribution in [0.1, 0.15) is 47.1 Å². The first kappa shape index (κ1) is 27.3. The molecule has 0 saturated carbocycles. The highest BCUT2D eigenvalue weighted by Gasteiger charge is 2.29. The van der Waals surface area contributed by atoms with Gasteiger partial charge < -0.3 is 23.7 Å². The Morgan fingerprint density at radius 2 is 1.73 bits per heavy atom. The van der Waals surface area contributed by atoms with Crippen LogP contribution in [-0.2, 0) is 24.9 Å². The van der Waals surface area contributed by atoms with Crippen LogP contribution < -0.4 is 10.1 Å². The first-order chi connectivity index (χ1) is 13.8. The van der Waals surface area contributed by atoms with Crippen molar-refractivity contribution in [3.63, 3.8) is 0 Å². The lowest BCUT2D eigenvalue weighted by atomic mass is 10.1. The van der Waals surface area contributed by atoms with Gasteiger partial charge in [0.05, 0.1) is 15.8 Å². The molecule has 0 radical (unpaired) electrons. The van der Waals surface area contributed by atoms with Crippen LogP contribution in [0.4, 0.5) is 4.79 Å². The van der Waals surface area contributed by atoms with E-state index in [1.54, 1.807) is 41.5 Å². The van der Waals surface area contributed by atoms with Crippen molar-refractivity contribution in [3.05, 3.63) is 28.2 Å². The summed E-state index contributed by atoms with van der Waals surface area (Å²) in [6.45, 7) is 11.4. The zero-order valence-electron chi connectivity index (χ0n) is 18.0. The van der Waals surface area contributed by atoms with Crippen molar-refractivity contribution >= 4 is 58.4 Å². The summed E-state index contributed by atoms with van der Waals surface area (Å²) in [4.78, 5) is 25.0. The molecule has 0 aliphatic rings. The maximum atomic E-state index is 12.7. The Hall–Kier alpha value is -0.720. The SMILES string of the molecule is CC(C)(C)OC(=O)NC(Cc1cc(OCCOSI)ccc1Br)C(=O)OC(C)(C)C. The second kappa shape index (κ2) is 12.4. The van der Waals surface area contributed by atoms with E-state index < -0.39 is 29.3 Å². The van der Waals surface area contributed by atoms with Gasteiger partial charge in [-0.15, -0.1) is 0 Å². The molecule has 170 valence electrons. The van der Waals surface area contributed by atoms with Crippen LogP contribution in [0.2, 0.25) is 0 Å². The molecule has 0 bridgehead atoms. The van der Waals surface area contributed by atoms with E-state index in [2.05, 4.69) is 21.2 Å². The number of alkyl carbamates (subject to hydrolysis) is 1. The lowest BCUT2D eigenvalue weighted by Gasteiger charge is -2.26. The van der Waals surface area contributed by atoms with Crippen molar-refractivity contribution in [1.82, 2.24) is 5.32 Å².